The van der Waals surface area contributed by atoms with Crippen LogP contribution in [0.4, 0.5) is 0 Å². The molecule has 1 aliphatic carbocycles. The molecule has 3 nitrogen and oxygen atoms in total. The molecule has 0 amide bonds. The highest BCUT2D eigenvalue weighted by Gasteiger charge is 2.36. The van der Waals surface area contributed by atoms with Gasteiger partial charge in [-0.2, -0.15) is 0 Å². The predicted molar refractivity (Wildman–Crippen MR) is 43.2 cm³/mol. The van der Waals surface area contributed by atoms with Crippen LogP contribution in [0.2, 0.25) is 0 Å². The Hall–Kier alpha value is -1.11. The van der Waals surface area contributed by atoms with E-state index in [0.29, 0.717) is 11.1 Å². The molecule has 64 valence electrons. The second-order valence-electron chi connectivity index (χ2n) is 2.80. The van der Waals surface area contributed by atoms with Gasteiger partial charge in [-0.3, -0.25) is 4.79 Å². The molecule has 0 fully saturated rings. The minimum absolute atomic E-state index is 0.179. The van der Waals surface area contributed by atoms with Crippen LogP contribution in [0.25, 0.3) is 0 Å². The van der Waals surface area contributed by atoms with Gasteiger partial charge in [0.05, 0.1) is 0 Å². The van der Waals surface area contributed by atoms with Crippen molar-refractivity contribution in [2.45, 2.75) is 25.6 Å². The molecule has 0 aromatic heterocycles. The molecule has 2 unspecified atom stereocenters. The number of hydrogen-bond acceptors (Lipinski definition) is 3. The van der Waals surface area contributed by atoms with E-state index in [1.807, 2.05) is 0 Å². The SMILES string of the molecule is C#CCC1=C(C)C(O)C(O)C1=O. The number of Topliss-reactive ketones (excluding diaryl/α,β-unsaturated/α-hetero) is 1. The normalized spacial score (nSPS) is 29.3. The van der Waals surface area contributed by atoms with Crippen molar-refractivity contribution in [1.29, 1.82) is 0 Å². The predicted octanol–water partition coefficient (Wildman–Crippen LogP) is -0.369. The Bertz CT molecular complexity index is 283. The van der Waals surface area contributed by atoms with Gasteiger partial charge in [0, 0.05) is 12.0 Å². The number of aliphatic hydroxyl groups excluding tert-OH is 2. The van der Waals surface area contributed by atoms with Gasteiger partial charge in [0.2, 0.25) is 0 Å². The van der Waals surface area contributed by atoms with E-state index < -0.39 is 18.0 Å². The molecule has 0 saturated carbocycles. The van der Waals surface area contributed by atoms with Gasteiger partial charge in [-0.05, 0) is 12.5 Å². The van der Waals surface area contributed by atoms with Crippen LogP contribution in [0, 0.1) is 12.3 Å². The highest BCUT2D eigenvalue weighted by molar-refractivity contribution is 6.03. The number of hydrogen-bond donors (Lipinski definition) is 2. The summed E-state index contributed by atoms with van der Waals surface area (Å²) >= 11 is 0. The smallest absolute Gasteiger partial charge is 0.191 e. The van der Waals surface area contributed by atoms with Gasteiger partial charge in [0.25, 0.3) is 0 Å². The number of carbonyl (C=O) groups is 1. The molecule has 0 saturated heterocycles. The summed E-state index contributed by atoms with van der Waals surface area (Å²) in [4.78, 5) is 11.2. The monoisotopic (exact) mass is 166 g/mol. The van der Waals surface area contributed by atoms with Crippen molar-refractivity contribution in [3.63, 3.8) is 0 Å². The summed E-state index contributed by atoms with van der Waals surface area (Å²) < 4.78 is 0. The minimum atomic E-state index is -1.31. The van der Waals surface area contributed by atoms with Crippen molar-refractivity contribution in [3.8, 4) is 12.3 Å². The summed E-state index contributed by atoms with van der Waals surface area (Å²) in [5.41, 5.74) is 0.864. The molecule has 0 heterocycles. The third-order valence-corrected chi connectivity index (χ3v) is 2.06. The zero-order valence-corrected chi connectivity index (χ0v) is 6.74. The van der Waals surface area contributed by atoms with Gasteiger partial charge in [-0.25, -0.2) is 0 Å². The number of rotatable bonds is 1. The molecule has 0 radical (unpaired) electrons. The van der Waals surface area contributed by atoms with E-state index in [1.165, 1.54) is 0 Å². The Kier molecular flexibility index (Phi) is 2.32. The third kappa shape index (κ3) is 1.15. The molecule has 0 aromatic carbocycles. The number of aliphatic hydroxyl groups is 2. The number of carbonyl (C=O) groups excluding carboxylic acids is 1. The van der Waals surface area contributed by atoms with Gasteiger partial charge in [0.1, 0.15) is 12.2 Å². The molecule has 3 heteroatoms. The van der Waals surface area contributed by atoms with E-state index in [2.05, 4.69) is 5.92 Å². The standard InChI is InChI=1S/C9H10O3/c1-3-4-6-5(2)7(10)9(12)8(6)11/h1,7,9-10,12H,4H2,2H3. The average Bonchev–Trinajstić information content (AvgIpc) is 2.23. The van der Waals surface area contributed by atoms with Crippen LogP contribution in [0.1, 0.15) is 13.3 Å². The fourth-order valence-electron chi connectivity index (χ4n) is 1.26. The molecule has 1 aliphatic rings. The lowest BCUT2D eigenvalue weighted by molar-refractivity contribution is -0.125. The summed E-state index contributed by atoms with van der Waals surface area (Å²) in [7, 11) is 0. The average molecular weight is 166 g/mol. The van der Waals surface area contributed by atoms with Crippen molar-refractivity contribution < 1.29 is 15.0 Å². The van der Waals surface area contributed by atoms with Gasteiger partial charge in [-0.15, -0.1) is 12.3 Å². The van der Waals surface area contributed by atoms with Gasteiger partial charge >= 0.3 is 0 Å². The first-order valence-electron chi connectivity index (χ1n) is 3.63. The Labute approximate surface area is 70.7 Å². The van der Waals surface area contributed by atoms with E-state index in [9.17, 15) is 9.90 Å². The summed E-state index contributed by atoms with van der Waals surface area (Å²) in [5.74, 6) is 1.86. The first kappa shape index (κ1) is 8.98. The van der Waals surface area contributed by atoms with Crippen LogP contribution in [0.15, 0.2) is 11.1 Å². The van der Waals surface area contributed by atoms with Crippen molar-refractivity contribution in [3.05, 3.63) is 11.1 Å². The quantitative estimate of drug-likeness (QED) is 0.522. The van der Waals surface area contributed by atoms with Crippen LogP contribution in [-0.4, -0.2) is 28.2 Å². The van der Waals surface area contributed by atoms with Crippen LogP contribution >= 0.6 is 0 Å². The highest BCUT2D eigenvalue weighted by atomic mass is 16.3. The summed E-state index contributed by atoms with van der Waals surface area (Å²) in [5, 5.41) is 18.4. The van der Waals surface area contributed by atoms with Gasteiger partial charge in [0.15, 0.2) is 5.78 Å². The zero-order chi connectivity index (χ0) is 9.30. The summed E-state index contributed by atoms with van der Waals surface area (Å²) in [6, 6.07) is 0. The largest absolute Gasteiger partial charge is 0.386 e. The summed E-state index contributed by atoms with van der Waals surface area (Å²) in [6.07, 6.45) is 2.82. The summed E-state index contributed by atoms with van der Waals surface area (Å²) in [6.45, 7) is 1.60. The molecule has 0 spiro atoms. The molecular formula is C9H10O3. The molecule has 2 atom stereocenters. The van der Waals surface area contributed by atoms with Gasteiger partial charge in [-0.1, -0.05) is 0 Å². The molecule has 0 aromatic rings. The van der Waals surface area contributed by atoms with Crippen molar-refractivity contribution >= 4 is 5.78 Å². The maximum atomic E-state index is 11.2. The Morgan fingerprint density at radius 3 is 2.42 bits per heavy atom. The topological polar surface area (TPSA) is 57.5 Å². The Balaban J connectivity index is 2.98. The van der Waals surface area contributed by atoms with E-state index in [0.717, 1.165) is 0 Å². The fourth-order valence-corrected chi connectivity index (χ4v) is 1.26. The lowest BCUT2D eigenvalue weighted by atomic mass is 10.1. The van der Waals surface area contributed by atoms with Crippen LogP contribution in [0.5, 0.6) is 0 Å². The molecule has 0 bridgehead atoms. The maximum absolute atomic E-state index is 11.2. The molecule has 2 N–H and O–H groups in total. The number of terminal acetylenes is 1. The lowest BCUT2D eigenvalue weighted by Crippen LogP contribution is -2.27. The second kappa shape index (κ2) is 3.10. The molecular weight excluding hydrogens is 156 g/mol. The van der Waals surface area contributed by atoms with E-state index in [1.54, 1.807) is 6.92 Å². The van der Waals surface area contributed by atoms with Crippen LogP contribution in [0.3, 0.4) is 0 Å². The van der Waals surface area contributed by atoms with Crippen molar-refractivity contribution in [2.24, 2.45) is 0 Å². The molecule has 0 aliphatic heterocycles. The highest BCUT2D eigenvalue weighted by Crippen LogP contribution is 2.25. The van der Waals surface area contributed by atoms with Crippen LogP contribution < -0.4 is 0 Å². The first-order valence-corrected chi connectivity index (χ1v) is 3.63. The Morgan fingerprint density at radius 2 is 2.08 bits per heavy atom. The van der Waals surface area contributed by atoms with Gasteiger partial charge < -0.3 is 10.2 Å². The van der Waals surface area contributed by atoms with Crippen molar-refractivity contribution in [1.82, 2.24) is 0 Å². The first-order chi connectivity index (χ1) is 5.59. The minimum Gasteiger partial charge on any atom is -0.386 e. The van der Waals surface area contributed by atoms with E-state index in [4.69, 9.17) is 11.5 Å². The second-order valence-corrected chi connectivity index (χ2v) is 2.80. The number of ketones is 1. The van der Waals surface area contributed by atoms with E-state index >= 15 is 0 Å². The maximum Gasteiger partial charge on any atom is 0.191 e. The Morgan fingerprint density at radius 1 is 1.50 bits per heavy atom. The molecule has 12 heavy (non-hydrogen) atoms. The van der Waals surface area contributed by atoms with Crippen molar-refractivity contribution in [2.75, 3.05) is 0 Å². The van der Waals surface area contributed by atoms with E-state index in [-0.39, 0.29) is 6.42 Å². The van der Waals surface area contributed by atoms with Crippen LogP contribution in [-0.2, 0) is 4.79 Å². The lowest BCUT2D eigenvalue weighted by Gasteiger charge is -2.06. The fraction of sp³-hybridized carbons (Fsp3) is 0.444. The third-order valence-electron chi connectivity index (χ3n) is 2.06. The zero-order valence-electron chi connectivity index (χ0n) is 6.74. The molecule has 1 rings (SSSR count).